The van der Waals surface area contributed by atoms with E-state index in [9.17, 15) is 0 Å². The molecule has 0 aromatic carbocycles. The van der Waals surface area contributed by atoms with E-state index in [1.54, 1.807) is 2.89 Å². The van der Waals surface area contributed by atoms with Crippen LogP contribution < -0.4 is 2.89 Å². The van der Waals surface area contributed by atoms with Crippen molar-refractivity contribution in [2.45, 2.75) is 21.7 Å². The Morgan fingerprint density at radius 1 is 1.38 bits per heavy atom. The quantitative estimate of drug-likeness (QED) is 0.625. The Balaban J connectivity index is 3.00. The molecule has 0 saturated heterocycles. The van der Waals surface area contributed by atoms with Crippen molar-refractivity contribution >= 4 is 50.1 Å². The van der Waals surface area contributed by atoms with Gasteiger partial charge in [-0.05, 0) is 0 Å². The second-order valence-electron chi connectivity index (χ2n) is 4.09. The van der Waals surface area contributed by atoms with Crippen LogP contribution in [-0.4, -0.2) is 18.4 Å². The fourth-order valence-electron chi connectivity index (χ4n) is 1.02. The topological polar surface area (TPSA) is 0 Å². The van der Waals surface area contributed by atoms with E-state index >= 15 is 0 Å². The Morgan fingerprint density at radius 2 is 2.00 bits per heavy atom. The van der Waals surface area contributed by atoms with Crippen LogP contribution in [0.2, 0.25) is 14.8 Å². The first-order valence-electron chi connectivity index (χ1n) is 4.41. The summed E-state index contributed by atoms with van der Waals surface area (Å²) in [7, 11) is 0. The molecule has 72 valence electrons. The molecule has 1 rings (SSSR count). The van der Waals surface area contributed by atoms with Crippen molar-refractivity contribution in [1.29, 1.82) is 0 Å². The van der Waals surface area contributed by atoms with Gasteiger partial charge in [0.2, 0.25) is 0 Å². The number of rotatable bonds is 2. The van der Waals surface area contributed by atoms with E-state index in [1.165, 1.54) is 4.88 Å². The van der Waals surface area contributed by atoms with E-state index in [1.807, 2.05) is 18.3 Å². The Labute approximate surface area is 94.3 Å². The van der Waals surface area contributed by atoms with Crippen molar-refractivity contribution < 1.29 is 0 Å². The fourth-order valence-corrected chi connectivity index (χ4v) is 7.50. The minimum atomic E-state index is -1.81. The average molecular weight is 319 g/mol. The summed E-state index contributed by atoms with van der Waals surface area (Å²) in [6, 6.07) is 4.49. The van der Waals surface area contributed by atoms with Gasteiger partial charge in [-0.1, -0.05) is 0 Å². The maximum absolute atomic E-state index is 4.42. The van der Waals surface area contributed by atoms with Crippen LogP contribution in [0, 0.1) is 0 Å². The van der Waals surface area contributed by atoms with E-state index in [4.69, 9.17) is 0 Å². The molecule has 0 unspecified atom stereocenters. The Bertz CT molecular complexity index is 318. The van der Waals surface area contributed by atoms with Gasteiger partial charge in [0.25, 0.3) is 0 Å². The van der Waals surface area contributed by atoms with Crippen LogP contribution in [0.5, 0.6) is 0 Å². The summed E-state index contributed by atoms with van der Waals surface area (Å²) in [4.78, 5) is 9.74. The zero-order valence-corrected chi connectivity index (χ0v) is 13.2. The zero-order chi connectivity index (χ0) is 10.1. The molecule has 0 fully saturated rings. The molecule has 1 aromatic rings. The summed E-state index contributed by atoms with van der Waals surface area (Å²) < 4.78 is 1.62. The third kappa shape index (κ3) is 3.03. The molecule has 13 heavy (non-hydrogen) atoms. The van der Waals surface area contributed by atoms with Crippen LogP contribution in [-0.2, 0) is 0 Å². The normalized spacial score (nSPS) is 13.5. The molecule has 0 saturated carbocycles. The van der Waals surface area contributed by atoms with E-state index < -0.39 is 18.4 Å². The van der Waals surface area contributed by atoms with Crippen LogP contribution in [0.4, 0.5) is 0 Å². The predicted octanol–water partition coefficient (Wildman–Crippen LogP) is 3.58. The van der Waals surface area contributed by atoms with Gasteiger partial charge < -0.3 is 0 Å². The van der Waals surface area contributed by atoms with Crippen molar-refractivity contribution in [3.8, 4) is 0 Å². The van der Waals surface area contributed by atoms with Crippen LogP contribution in [0.15, 0.2) is 18.2 Å². The SMILES string of the molecule is C/C=C(\S)c1cc[c]([Sn]([CH3])([CH3])[CH3])s1. The first-order valence-corrected chi connectivity index (χ1v) is 15.7. The average Bonchev–Trinajstić information content (AvgIpc) is 2.50. The molecule has 0 atom stereocenters. The van der Waals surface area contributed by atoms with Gasteiger partial charge >= 0.3 is 95.0 Å². The zero-order valence-electron chi connectivity index (χ0n) is 8.59. The molecule has 0 aliphatic heterocycles. The summed E-state index contributed by atoms with van der Waals surface area (Å²) in [6.45, 7) is 2.03. The van der Waals surface area contributed by atoms with Crippen LogP contribution in [0.1, 0.15) is 11.8 Å². The monoisotopic (exact) mass is 320 g/mol. The third-order valence-electron chi connectivity index (χ3n) is 1.87. The van der Waals surface area contributed by atoms with Crippen molar-refractivity contribution in [1.82, 2.24) is 0 Å². The van der Waals surface area contributed by atoms with E-state index in [-0.39, 0.29) is 0 Å². The van der Waals surface area contributed by atoms with Crippen LogP contribution >= 0.6 is 24.0 Å². The standard InChI is InChI=1S/C7H7S2.3CH3.Sn/c1-2-6(8)7-4-3-5-9-7;;;;/h2-4,8H,1H3;3*1H3;/b6-2-;;;;. The van der Waals surface area contributed by atoms with Gasteiger partial charge in [0, 0.05) is 0 Å². The third-order valence-corrected chi connectivity index (χ3v) is 13.1. The van der Waals surface area contributed by atoms with Gasteiger partial charge in [0.1, 0.15) is 0 Å². The van der Waals surface area contributed by atoms with E-state index in [0.29, 0.717) is 0 Å². The van der Waals surface area contributed by atoms with Crippen LogP contribution in [0.25, 0.3) is 4.91 Å². The molecule has 1 heterocycles. The van der Waals surface area contributed by atoms with Gasteiger partial charge in [-0.2, -0.15) is 0 Å². The first kappa shape index (κ1) is 11.7. The molecule has 0 radical (unpaired) electrons. The predicted molar refractivity (Wildman–Crippen MR) is 69.9 cm³/mol. The molecule has 0 aliphatic rings. The van der Waals surface area contributed by atoms with E-state index in [2.05, 4.69) is 45.7 Å². The molecule has 0 aliphatic carbocycles. The summed E-state index contributed by atoms with van der Waals surface area (Å²) in [6.07, 6.45) is 2.05. The molecular formula is C10H16S2Sn. The molecule has 3 heteroatoms. The van der Waals surface area contributed by atoms with Gasteiger partial charge in [-0.3, -0.25) is 0 Å². The summed E-state index contributed by atoms with van der Waals surface area (Å²) >= 11 is 4.53. The Hall–Kier alpha value is 0.589. The second kappa shape index (κ2) is 4.41. The molecule has 0 spiro atoms. The number of hydrogen-bond acceptors (Lipinski definition) is 2. The fraction of sp³-hybridized carbons (Fsp3) is 0.400. The Kier molecular flexibility index (Phi) is 3.95. The van der Waals surface area contributed by atoms with Gasteiger partial charge in [0.15, 0.2) is 0 Å². The summed E-state index contributed by atoms with van der Waals surface area (Å²) in [5, 5.41) is 0. The van der Waals surface area contributed by atoms with Gasteiger partial charge in [-0.25, -0.2) is 0 Å². The molecule has 0 N–H and O–H groups in total. The summed E-state index contributed by atoms with van der Waals surface area (Å²) in [5.41, 5.74) is 0. The molecule has 0 amide bonds. The van der Waals surface area contributed by atoms with Crippen molar-refractivity contribution in [2.75, 3.05) is 0 Å². The summed E-state index contributed by atoms with van der Waals surface area (Å²) in [5.74, 6) is 0. The molecule has 0 nitrogen and oxygen atoms in total. The van der Waals surface area contributed by atoms with Crippen molar-refractivity contribution in [2.24, 2.45) is 0 Å². The van der Waals surface area contributed by atoms with Gasteiger partial charge in [-0.15, -0.1) is 0 Å². The minimum absolute atomic E-state index is 1.10. The van der Waals surface area contributed by atoms with E-state index in [0.717, 1.165) is 4.91 Å². The number of hydrogen-bond donors (Lipinski definition) is 1. The number of allylic oxidation sites excluding steroid dienone is 1. The van der Waals surface area contributed by atoms with Crippen molar-refractivity contribution in [3.05, 3.63) is 23.1 Å². The number of thiophene rings is 1. The second-order valence-corrected chi connectivity index (χ2v) is 21.1. The maximum atomic E-state index is 4.42. The van der Waals surface area contributed by atoms with Crippen LogP contribution in [0.3, 0.4) is 0 Å². The molecular weight excluding hydrogens is 303 g/mol. The number of thiol groups is 1. The van der Waals surface area contributed by atoms with Gasteiger partial charge in [0.05, 0.1) is 0 Å². The van der Waals surface area contributed by atoms with Crippen molar-refractivity contribution in [3.63, 3.8) is 0 Å². The molecule has 1 aromatic heterocycles. The molecule has 0 bridgehead atoms. The Morgan fingerprint density at radius 3 is 2.38 bits per heavy atom. The first-order chi connectivity index (χ1) is 5.95.